The Labute approximate surface area is 443 Å². The summed E-state index contributed by atoms with van der Waals surface area (Å²) in [4.78, 5) is 72.3. The van der Waals surface area contributed by atoms with Crippen molar-refractivity contribution in [3.8, 4) is 0 Å². The number of benzene rings is 3. The minimum absolute atomic E-state index is 0.102. The number of nitro groups is 3. The molecule has 22 heteroatoms. The molecule has 3 aromatic carbocycles. The summed E-state index contributed by atoms with van der Waals surface area (Å²) in [5.41, 5.74) is 5.87. The number of hydrogen-bond donors (Lipinski definition) is 3. The van der Waals surface area contributed by atoms with Crippen molar-refractivity contribution >= 4 is 46.7 Å². The van der Waals surface area contributed by atoms with Gasteiger partial charge in [-0.25, -0.2) is 14.4 Å². The molecule has 3 heterocycles. The van der Waals surface area contributed by atoms with E-state index < -0.39 is 33.2 Å². The van der Waals surface area contributed by atoms with Gasteiger partial charge < -0.3 is 45.3 Å². The summed E-state index contributed by atoms with van der Waals surface area (Å²) in [5, 5.41) is 38.8. The molecule has 21 nitrogen and oxygen atoms in total. The molecule has 3 saturated heterocycles. The lowest BCUT2D eigenvalue weighted by Crippen LogP contribution is -2.48. The number of anilines is 2. The lowest BCUT2D eigenvalue weighted by Gasteiger charge is -2.45. The van der Waals surface area contributed by atoms with Crippen molar-refractivity contribution in [2.24, 2.45) is 22.0 Å². The van der Waals surface area contributed by atoms with Gasteiger partial charge in [-0.1, -0.05) is 36.4 Å². The third-order valence-electron chi connectivity index (χ3n) is 14.3. The second-order valence-electron chi connectivity index (χ2n) is 24.4. The van der Waals surface area contributed by atoms with Gasteiger partial charge in [-0.15, -0.1) is 0 Å². The van der Waals surface area contributed by atoms with Crippen molar-refractivity contribution in [2.75, 3.05) is 49.9 Å². The Morgan fingerprint density at radius 2 is 0.816 bits per heavy atom. The van der Waals surface area contributed by atoms with E-state index in [9.17, 15) is 49.1 Å². The zero-order valence-electron chi connectivity index (χ0n) is 45.3. The van der Waals surface area contributed by atoms with Gasteiger partial charge >= 0.3 is 24.0 Å². The van der Waals surface area contributed by atoms with Gasteiger partial charge in [0.05, 0.1) is 14.8 Å². The van der Waals surface area contributed by atoms with Gasteiger partial charge in [0, 0.05) is 75.6 Å². The Kier molecular flexibility index (Phi) is 17.8. The standard InChI is InChI=1S/2C18H25N3O4.C12H22N2O2.C6H4FNO2/c2*1-17(2,3)25-16(22)20-9-8-18(12-20)10-13(11-18)19-14-6-4-5-7-15(14)21(23)24;1-11(2,3)16-10(15)14-5-4-12(8-14)6-9(13)7-12;7-5-3-1-2-4-6(5)8(9)10/h2*4-7,13,19H,8-12H2,1-3H3;9H,4-8,13H2,1-3H3;1-4H. The zero-order valence-corrected chi connectivity index (χ0v) is 45.3. The molecule has 3 spiro atoms. The average Bonchev–Trinajstić information content (AvgIpc) is 4.05. The molecule has 0 aromatic heterocycles. The highest BCUT2D eigenvalue weighted by Crippen LogP contribution is 2.51. The van der Waals surface area contributed by atoms with Gasteiger partial charge in [0.15, 0.2) is 0 Å². The molecule has 0 radical (unpaired) electrons. The van der Waals surface area contributed by atoms with Crippen LogP contribution in [0.25, 0.3) is 0 Å². The number of rotatable bonds is 7. The van der Waals surface area contributed by atoms with E-state index in [0.717, 1.165) is 83.0 Å². The summed E-state index contributed by atoms with van der Waals surface area (Å²) in [7, 11) is 0. The predicted molar refractivity (Wildman–Crippen MR) is 284 cm³/mol. The van der Waals surface area contributed by atoms with E-state index in [4.69, 9.17) is 19.9 Å². The third-order valence-corrected chi connectivity index (χ3v) is 14.3. The number of nitrogens with two attached hydrogens (primary N) is 1. The molecule has 9 rings (SSSR count). The van der Waals surface area contributed by atoms with Gasteiger partial charge in [-0.05, 0) is 155 Å². The minimum atomic E-state index is -0.799. The van der Waals surface area contributed by atoms with Gasteiger partial charge in [-0.3, -0.25) is 30.3 Å². The topological polar surface area (TPSA) is 268 Å². The Balaban J connectivity index is 0.000000173. The minimum Gasteiger partial charge on any atom is -0.444 e. The number of nitrogens with zero attached hydrogens (tertiary/aromatic N) is 6. The molecule has 3 aliphatic heterocycles. The van der Waals surface area contributed by atoms with Crippen LogP contribution in [0.15, 0.2) is 72.8 Å². The van der Waals surface area contributed by atoms with Crippen molar-refractivity contribution < 1.29 is 47.8 Å². The smallest absolute Gasteiger partial charge is 0.410 e. The summed E-state index contributed by atoms with van der Waals surface area (Å²) < 4.78 is 28.7. The lowest BCUT2D eigenvalue weighted by atomic mass is 9.65. The van der Waals surface area contributed by atoms with Crippen LogP contribution < -0.4 is 16.4 Å². The van der Waals surface area contributed by atoms with E-state index in [0.29, 0.717) is 49.0 Å². The highest BCUT2D eigenvalue weighted by molar-refractivity contribution is 5.70. The monoisotopic (exact) mass is 1060 g/mol. The number of ether oxygens (including phenoxy) is 3. The highest BCUT2D eigenvalue weighted by atomic mass is 19.1. The molecule has 0 unspecified atom stereocenters. The molecule has 3 aliphatic carbocycles. The summed E-state index contributed by atoms with van der Waals surface area (Å²) in [6, 6.07) is 19.2. The number of nitro benzene ring substituents is 3. The van der Waals surface area contributed by atoms with Crippen LogP contribution >= 0.6 is 0 Å². The van der Waals surface area contributed by atoms with E-state index >= 15 is 0 Å². The first-order chi connectivity index (χ1) is 35.4. The number of hydrogen-bond acceptors (Lipinski definition) is 15. The molecular formula is C54H76FN9O12. The molecule has 3 amide bonds. The second-order valence-corrected chi connectivity index (χ2v) is 24.4. The maximum Gasteiger partial charge on any atom is 0.410 e. The van der Waals surface area contributed by atoms with Crippen molar-refractivity contribution in [2.45, 2.75) is 155 Å². The van der Waals surface area contributed by atoms with Crippen LogP contribution in [0.1, 0.15) is 120 Å². The lowest BCUT2D eigenvalue weighted by molar-refractivity contribution is -0.387. The average molecular weight is 1060 g/mol. The maximum absolute atomic E-state index is 12.4. The fraction of sp³-hybridized carbons (Fsp3) is 0.611. The van der Waals surface area contributed by atoms with Crippen molar-refractivity contribution in [1.29, 1.82) is 0 Å². The Morgan fingerprint density at radius 1 is 0.526 bits per heavy atom. The highest BCUT2D eigenvalue weighted by Gasteiger charge is 2.52. The fourth-order valence-electron chi connectivity index (χ4n) is 11.0. The van der Waals surface area contributed by atoms with Crippen LogP contribution in [-0.2, 0) is 14.2 Å². The molecule has 3 saturated carbocycles. The largest absolute Gasteiger partial charge is 0.444 e. The van der Waals surface area contributed by atoms with E-state index in [1.807, 2.05) is 67.2 Å². The Morgan fingerprint density at radius 3 is 1.09 bits per heavy atom. The van der Waals surface area contributed by atoms with Gasteiger partial charge in [-0.2, -0.15) is 4.39 Å². The Hall–Kier alpha value is -6.84. The van der Waals surface area contributed by atoms with Crippen LogP contribution in [0.3, 0.4) is 0 Å². The first kappa shape index (κ1) is 58.4. The van der Waals surface area contributed by atoms with Crippen LogP contribution in [0.5, 0.6) is 0 Å². The number of carbonyl (C=O) groups excluding carboxylic acids is 3. The number of carbonyl (C=O) groups is 3. The number of amides is 3. The summed E-state index contributed by atoms with van der Waals surface area (Å²) in [6.07, 6.45) is 8.11. The first-order valence-corrected chi connectivity index (χ1v) is 25.9. The summed E-state index contributed by atoms with van der Waals surface area (Å²) >= 11 is 0. The third kappa shape index (κ3) is 15.9. The molecular weight excluding hydrogens is 986 g/mol. The number of likely N-dealkylation sites (tertiary alicyclic amines) is 3. The first-order valence-electron chi connectivity index (χ1n) is 25.9. The number of para-hydroxylation sites is 5. The zero-order chi connectivity index (χ0) is 56.0. The quantitative estimate of drug-likeness (QED) is 0.113. The summed E-state index contributed by atoms with van der Waals surface area (Å²) in [5.74, 6) is -0.799. The van der Waals surface area contributed by atoms with E-state index in [-0.39, 0.29) is 62.4 Å². The molecule has 6 aliphatic rings. The molecule has 416 valence electrons. The summed E-state index contributed by atoms with van der Waals surface area (Å²) in [6.45, 7) is 21.4. The van der Waals surface area contributed by atoms with Crippen LogP contribution in [-0.4, -0.2) is 122 Å². The van der Waals surface area contributed by atoms with E-state index in [1.54, 1.807) is 46.2 Å². The van der Waals surface area contributed by atoms with Crippen molar-refractivity contribution in [3.63, 3.8) is 0 Å². The van der Waals surface area contributed by atoms with Crippen molar-refractivity contribution in [3.05, 3.63) is 109 Å². The predicted octanol–water partition coefficient (Wildman–Crippen LogP) is 11.1. The van der Waals surface area contributed by atoms with Crippen LogP contribution in [0.4, 0.5) is 47.2 Å². The van der Waals surface area contributed by atoms with Crippen LogP contribution in [0.2, 0.25) is 0 Å². The van der Waals surface area contributed by atoms with Gasteiger partial charge in [0.1, 0.15) is 28.2 Å². The molecule has 3 aromatic rings. The van der Waals surface area contributed by atoms with Crippen LogP contribution in [0, 0.1) is 52.4 Å². The van der Waals surface area contributed by atoms with E-state index in [1.165, 1.54) is 24.3 Å². The van der Waals surface area contributed by atoms with Gasteiger partial charge in [0.25, 0.3) is 11.4 Å². The second kappa shape index (κ2) is 23.2. The molecule has 0 bridgehead atoms. The van der Waals surface area contributed by atoms with Gasteiger partial charge in [0.2, 0.25) is 5.82 Å². The molecule has 4 N–H and O–H groups in total. The SMILES string of the molecule is CC(C)(C)OC(=O)N1CCC2(CC(N)C2)C1.CC(C)(C)OC(=O)N1CCC2(CC(Nc3ccccc3[N+](=O)[O-])C2)C1.CC(C)(C)OC(=O)N1CCC2(CC(Nc3ccccc3[N+](=O)[O-])C2)C1.O=[N+]([O-])c1ccccc1F. The number of halogens is 1. The molecule has 76 heavy (non-hydrogen) atoms. The van der Waals surface area contributed by atoms with E-state index in [2.05, 4.69) is 10.6 Å². The Bertz CT molecular complexity index is 2460. The normalized spacial score (nSPS) is 25.2. The molecule has 6 fully saturated rings. The van der Waals surface area contributed by atoms with Crippen molar-refractivity contribution in [1.82, 2.24) is 14.7 Å². The number of nitrogens with one attached hydrogen (secondary N) is 2. The maximum atomic E-state index is 12.4. The fourth-order valence-corrected chi connectivity index (χ4v) is 11.0. The molecule has 0 atom stereocenters.